The maximum Gasteiger partial charge on any atom is 0.410 e. The molecule has 0 aromatic carbocycles. The van der Waals surface area contributed by atoms with Crippen molar-refractivity contribution in [3.8, 4) is 0 Å². The Morgan fingerprint density at radius 1 is 1.03 bits per heavy atom. The van der Waals surface area contributed by atoms with Crippen LogP contribution in [0.5, 0.6) is 0 Å². The first kappa shape index (κ1) is 22.8. The van der Waals surface area contributed by atoms with E-state index < -0.39 is 5.60 Å². The molecule has 6 nitrogen and oxygen atoms in total. The highest BCUT2D eigenvalue weighted by Crippen LogP contribution is 2.69. The molecular weight excluding hydrogens is 368 g/mol. The lowest BCUT2D eigenvalue weighted by Gasteiger charge is -2.27. The summed E-state index contributed by atoms with van der Waals surface area (Å²) in [5.74, 6) is 0. The minimum absolute atomic E-state index is 0.0249. The highest BCUT2D eigenvalue weighted by molar-refractivity contribution is 5.69. The van der Waals surface area contributed by atoms with Gasteiger partial charge < -0.3 is 25.2 Å². The maximum absolute atomic E-state index is 12.1. The fourth-order valence-corrected chi connectivity index (χ4v) is 5.74. The number of nitrogens with zero attached hydrogens (tertiary/aromatic N) is 1. The van der Waals surface area contributed by atoms with E-state index in [9.17, 15) is 9.90 Å². The van der Waals surface area contributed by atoms with E-state index in [1.807, 2.05) is 20.8 Å². The molecule has 2 heterocycles. The molecule has 4 fully saturated rings. The second-order valence-electron chi connectivity index (χ2n) is 12.3. The fourth-order valence-electron chi connectivity index (χ4n) is 5.74. The molecule has 0 aromatic rings. The van der Waals surface area contributed by atoms with Gasteiger partial charge in [0.25, 0.3) is 0 Å². The third-order valence-electron chi connectivity index (χ3n) is 8.15. The average Bonchev–Trinajstić information content (AvgIpc) is 3.09. The van der Waals surface area contributed by atoms with Gasteiger partial charge in [-0.2, -0.15) is 0 Å². The molecule has 2 aliphatic carbocycles. The molecule has 3 N–H and O–H groups in total. The van der Waals surface area contributed by atoms with Gasteiger partial charge in [-0.05, 0) is 68.1 Å². The van der Waals surface area contributed by atoms with Gasteiger partial charge in [-0.1, -0.05) is 27.7 Å². The van der Waals surface area contributed by atoms with Crippen LogP contribution in [0.4, 0.5) is 4.79 Å². The summed E-state index contributed by atoms with van der Waals surface area (Å²) in [5, 5.41) is 21.8. The number of ether oxygens (including phenoxy) is 1. The Kier molecular flexibility index (Phi) is 5.59. The van der Waals surface area contributed by atoms with Crippen LogP contribution in [0.3, 0.4) is 0 Å². The van der Waals surface area contributed by atoms with Gasteiger partial charge in [-0.15, -0.1) is 0 Å². The normalized spacial score (nSPS) is 38.7. The van der Waals surface area contributed by atoms with Crippen molar-refractivity contribution in [2.45, 2.75) is 91.8 Å². The van der Waals surface area contributed by atoms with Crippen molar-refractivity contribution in [2.24, 2.45) is 21.7 Å². The SMILES string of the molecule is CC(C)(C)OC(=O)N1C[C@]2(C[C@H]1CO)CC2(C)C.CC1(C)C[C@@]12CN[C@H](CO)C2. The summed E-state index contributed by atoms with van der Waals surface area (Å²) in [5.41, 5.74) is 1.09. The molecule has 4 rings (SSSR count). The Hall–Kier alpha value is -0.850. The molecule has 4 atom stereocenters. The lowest BCUT2D eigenvalue weighted by molar-refractivity contribution is 0.0169. The zero-order chi connectivity index (χ0) is 21.9. The molecule has 2 aliphatic heterocycles. The third-order valence-corrected chi connectivity index (χ3v) is 8.15. The number of aliphatic hydroxyl groups is 2. The van der Waals surface area contributed by atoms with Crippen LogP contribution in [0, 0.1) is 21.7 Å². The van der Waals surface area contributed by atoms with Gasteiger partial charge >= 0.3 is 6.09 Å². The Balaban J connectivity index is 0.000000186. The van der Waals surface area contributed by atoms with Crippen LogP contribution >= 0.6 is 0 Å². The molecule has 1 amide bonds. The summed E-state index contributed by atoms with van der Waals surface area (Å²) in [7, 11) is 0. The van der Waals surface area contributed by atoms with Crippen molar-refractivity contribution in [3.05, 3.63) is 0 Å². The smallest absolute Gasteiger partial charge is 0.410 e. The van der Waals surface area contributed by atoms with Crippen LogP contribution in [-0.2, 0) is 4.74 Å². The monoisotopic (exact) mass is 410 g/mol. The van der Waals surface area contributed by atoms with Crippen LogP contribution < -0.4 is 5.32 Å². The van der Waals surface area contributed by atoms with E-state index in [1.54, 1.807) is 4.90 Å². The predicted molar refractivity (Wildman–Crippen MR) is 114 cm³/mol. The summed E-state index contributed by atoms with van der Waals surface area (Å²) in [6.45, 7) is 16.9. The maximum atomic E-state index is 12.1. The van der Waals surface area contributed by atoms with E-state index in [0.29, 0.717) is 23.5 Å². The highest BCUT2D eigenvalue weighted by atomic mass is 16.6. The third kappa shape index (κ3) is 4.31. The average molecular weight is 411 g/mol. The zero-order valence-electron chi connectivity index (χ0n) is 19.5. The first-order valence-corrected chi connectivity index (χ1v) is 11.1. The highest BCUT2D eigenvalue weighted by Gasteiger charge is 2.66. The van der Waals surface area contributed by atoms with Crippen LogP contribution in [0.25, 0.3) is 0 Å². The van der Waals surface area contributed by atoms with E-state index in [1.165, 1.54) is 12.8 Å². The molecule has 2 saturated carbocycles. The van der Waals surface area contributed by atoms with Crippen molar-refractivity contribution in [3.63, 3.8) is 0 Å². The van der Waals surface area contributed by atoms with Gasteiger partial charge in [0, 0.05) is 19.1 Å². The molecule has 168 valence electrons. The second kappa shape index (κ2) is 7.10. The molecule has 29 heavy (non-hydrogen) atoms. The molecular formula is C23H42N2O4. The summed E-state index contributed by atoms with van der Waals surface area (Å²) < 4.78 is 5.42. The first-order valence-electron chi connectivity index (χ1n) is 11.1. The summed E-state index contributed by atoms with van der Waals surface area (Å²) in [6.07, 6.45) is 4.26. The van der Waals surface area contributed by atoms with Gasteiger partial charge in [-0.3, -0.25) is 0 Å². The van der Waals surface area contributed by atoms with Crippen molar-refractivity contribution >= 4 is 6.09 Å². The lowest BCUT2D eigenvalue weighted by atomic mass is 9.93. The Morgan fingerprint density at radius 3 is 1.93 bits per heavy atom. The molecule has 4 aliphatic rings. The number of aliphatic hydroxyl groups excluding tert-OH is 2. The summed E-state index contributed by atoms with van der Waals surface area (Å²) >= 11 is 0. The minimum Gasteiger partial charge on any atom is -0.444 e. The van der Waals surface area contributed by atoms with Gasteiger partial charge in [0.15, 0.2) is 0 Å². The molecule has 0 unspecified atom stereocenters. The number of likely N-dealkylation sites (tertiary alicyclic amines) is 1. The van der Waals surface area contributed by atoms with E-state index >= 15 is 0 Å². The van der Waals surface area contributed by atoms with E-state index in [0.717, 1.165) is 25.9 Å². The van der Waals surface area contributed by atoms with Crippen LogP contribution in [0.15, 0.2) is 0 Å². The minimum atomic E-state index is -0.480. The van der Waals surface area contributed by atoms with E-state index in [-0.39, 0.29) is 29.6 Å². The van der Waals surface area contributed by atoms with Gasteiger partial charge in [0.05, 0.1) is 19.3 Å². The number of rotatable bonds is 2. The molecule has 2 spiro atoms. The quantitative estimate of drug-likeness (QED) is 0.651. The number of hydrogen-bond donors (Lipinski definition) is 3. The van der Waals surface area contributed by atoms with Crippen LogP contribution in [0.1, 0.15) is 74.1 Å². The van der Waals surface area contributed by atoms with Gasteiger partial charge in [-0.25, -0.2) is 4.79 Å². The van der Waals surface area contributed by atoms with Crippen LogP contribution in [0.2, 0.25) is 0 Å². The topological polar surface area (TPSA) is 82.0 Å². The first-order chi connectivity index (χ1) is 13.2. The molecule has 6 heteroatoms. The second-order valence-corrected chi connectivity index (χ2v) is 12.3. The van der Waals surface area contributed by atoms with Crippen LogP contribution in [-0.4, -0.2) is 65.2 Å². The van der Waals surface area contributed by atoms with Gasteiger partial charge in [0.1, 0.15) is 5.60 Å². The number of nitrogens with one attached hydrogen (secondary N) is 1. The Bertz CT molecular complexity index is 641. The molecule has 2 saturated heterocycles. The molecule has 0 radical (unpaired) electrons. The van der Waals surface area contributed by atoms with Crippen molar-refractivity contribution in [2.75, 3.05) is 26.3 Å². The predicted octanol–water partition coefficient (Wildman–Crippen LogP) is 3.16. The van der Waals surface area contributed by atoms with E-state index in [4.69, 9.17) is 9.84 Å². The largest absolute Gasteiger partial charge is 0.444 e. The number of carbonyl (C=O) groups excluding carboxylic acids is 1. The Morgan fingerprint density at radius 2 is 1.59 bits per heavy atom. The van der Waals surface area contributed by atoms with Gasteiger partial charge in [0.2, 0.25) is 0 Å². The fraction of sp³-hybridized carbons (Fsp3) is 0.957. The van der Waals surface area contributed by atoms with Crippen molar-refractivity contribution < 1.29 is 19.7 Å². The van der Waals surface area contributed by atoms with Crippen molar-refractivity contribution in [1.82, 2.24) is 10.2 Å². The molecule has 0 bridgehead atoms. The summed E-state index contributed by atoms with van der Waals surface area (Å²) in [4.78, 5) is 13.9. The Labute approximate surface area is 176 Å². The zero-order valence-corrected chi connectivity index (χ0v) is 19.5. The summed E-state index contributed by atoms with van der Waals surface area (Å²) in [6, 6.07) is 0.290. The number of carbonyl (C=O) groups is 1. The van der Waals surface area contributed by atoms with Crippen molar-refractivity contribution in [1.29, 1.82) is 0 Å². The molecule has 0 aromatic heterocycles. The van der Waals surface area contributed by atoms with E-state index in [2.05, 4.69) is 33.0 Å². The number of amides is 1. The number of hydrogen-bond acceptors (Lipinski definition) is 5. The lowest BCUT2D eigenvalue weighted by Crippen LogP contribution is -2.41. The standard InChI is InChI=1S/C14H25NO3.C9H17NO/c1-12(2,3)18-11(17)15-9-14(6-10(15)7-16)8-13(14,4)5;1-8(2)5-9(8)3-7(4-11)10-6-9/h10,16H,6-9H2,1-5H3;7,10-11H,3-6H2,1-2H3/t10-,14-;7-,9-/m00/s1.